The first-order chi connectivity index (χ1) is 9.69. The van der Waals surface area contributed by atoms with Gasteiger partial charge in [-0.05, 0) is 30.4 Å². The summed E-state index contributed by atoms with van der Waals surface area (Å²) in [5.41, 5.74) is 3.82. The molecule has 3 atom stereocenters. The molecule has 2 fully saturated rings. The Hall–Kier alpha value is -1.43. The van der Waals surface area contributed by atoms with Crippen molar-refractivity contribution in [2.24, 2.45) is 17.7 Å². The Morgan fingerprint density at radius 2 is 2.15 bits per heavy atom. The van der Waals surface area contributed by atoms with Crippen molar-refractivity contribution in [1.29, 1.82) is 0 Å². The number of aliphatic hydroxyl groups excluding tert-OH is 1. The third-order valence-electron chi connectivity index (χ3n) is 4.68. The van der Waals surface area contributed by atoms with Gasteiger partial charge in [0, 0.05) is 31.1 Å². The van der Waals surface area contributed by atoms with Crippen LogP contribution in [0, 0.1) is 11.8 Å². The molecule has 1 heterocycles. The number of nitrogens with one attached hydrogen (secondary N) is 1. The molecule has 0 bridgehead atoms. The fraction of sp³-hybridized carbons (Fsp3) is 0.533. The molecule has 3 unspecified atom stereocenters. The second-order valence-corrected chi connectivity index (χ2v) is 5.89. The summed E-state index contributed by atoms with van der Waals surface area (Å²) in [5, 5.41) is 9.96. The first-order valence-corrected chi connectivity index (χ1v) is 7.18. The molecule has 1 saturated carbocycles. The fourth-order valence-electron chi connectivity index (χ4n) is 3.66. The van der Waals surface area contributed by atoms with Gasteiger partial charge in [-0.1, -0.05) is 18.2 Å². The van der Waals surface area contributed by atoms with E-state index in [9.17, 15) is 9.90 Å². The molecule has 5 heteroatoms. The van der Waals surface area contributed by atoms with Crippen LogP contribution in [0.25, 0.3) is 0 Å². The van der Waals surface area contributed by atoms with Crippen LogP contribution in [0.1, 0.15) is 28.8 Å². The van der Waals surface area contributed by atoms with Crippen molar-refractivity contribution >= 4 is 5.91 Å². The van der Waals surface area contributed by atoms with Crippen molar-refractivity contribution in [2.75, 3.05) is 13.1 Å². The van der Waals surface area contributed by atoms with Gasteiger partial charge in [0.05, 0.1) is 6.10 Å². The van der Waals surface area contributed by atoms with Crippen LogP contribution < -0.4 is 11.3 Å². The molecule has 3 rings (SSSR count). The molecule has 4 N–H and O–H groups in total. The maximum absolute atomic E-state index is 11.8. The lowest BCUT2D eigenvalue weighted by Crippen LogP contribution is -2.32. The van der Waals surface area contributed by atoms with Crippen LogP contribution in [0.15, 0.2) is 24.3 Å². The minimum Gasteiger partial charge on any atom is -0.393 e. The van der Waals surface area contributed by atoms with Gasteiger partial charge >= 0.3 is 0 Å². The van der Waals surface area contributed by atoms with Crippen molar-refractivity contribution in [1.82, 2.24) is 10.3 Å². The molecule has 1 aromatic rings. The fourth-order valence-corrected chi connectivity index (χ4v) is 3.66. The highest BCUT2D eigenvalue weighted by Gasteiger charge is 2.41. The van der Waals surface area contributed by atoms with E-state index in [1.807, 2.05) is 18.2 Å². The zero-order valence-corrected chi connectivity index (χ0v) is 11.5. The number of nitrogens with zero attached hydrogens (tertiary/aromatic N) is 1. The second-order valence-electron chi connectivity index (χ2n) is 5.89. The number of amides is 1. The van der Waals surface area contributed by atoms with Crippen LogP contribution in [0.5, 0.6) is 0 Å². The first-order valence-electron chi connectivity index (χ1n) is 7.18. The molecule has 0 aromatic heterocycles. The number of hydrazine groups is 1. The van der Waals surface area contributed by atoms with E-state index in [2.05, 4.69) is 10.3 Å². The maximum Gasteiger partial charge on any atom is 0.265 e. The van der Waals surface area contributed by atoms with E-state index >= 15 is 0 Å². The molecule has 1 saturated heterocycles. The van der Waals surface area contributed by atoms with Crippen molar-refractivity contribution in [3.05, 3.63) is 35.4 Å². The lowest BCUT2D eigenvalue weighted by atomic mass is 10.00. The number of fused-ring (bicyclic) bond motifs is 1. The van der Waals surface area contributed by atoms with Gasteiger partial charge in [-0.2, -0.15) is 0 Å². The van der Waals surface area contributed by atoms with E-state index in [1.165, 1.54) is 0 Å². The standard InChI is InChI=1S/C15H21N3O2/c16-17-15(20)12-4-2-1-3-10(12)7-18-8-11-5-6-14(19)13(11)9-18/h1-4,11,13-14,19H,5-9,16H2,(H,17,20). The average Bonchev–Trinajstić information content (AvgIpc) is 3.01. The van der Waals surface area contributed by atoms with Gasteiger partial charge in [0.2, 0.25) is 0 Å². The Morgan fingerprint density at radius 3 is 2.90 bits per heavy atom. The second kappa shape index (κ2) is 5.52. The molecule has 0 spiro atoms. The number of aliphatic hydroxyl groups is 1. The van der Waals surface area contributed by atoms with E-state index in [0.717, 1.165) is 38.0 Å². The molecule has 1 aromatic carbocycles. The highest BCUT2D eigenvalue weighted by molar-refractivity contribution is 5.95. The van der Waals surface area contributed by atoms with Gasteiger partial charge in [-0.15, -0.1) is 0 Å². The lowest BCUT2D eigenvalue weighted by Gasteiger charge is -2.19. The number of nitrogens with two attached hydrogens (primary N) is 1. The summed E-state index contributed by atoms with van der Waals surface area (Å²) in [7, 11) is 0. The summed E-state index contributed by atoms with van der Waals surface area (Å²) in [6, 6.07) is 7.54. The van der Waals surface area contributed by atoms with Crippen LogP contribution >= 0.6 is 0 Å². The van der Waals surface area contributed by atoms with E-state index in [0.29, 0.717) is 17.4 Å². The number of benzene rings is 1. The molecule has 20 heavy (non-hydrogen) atoms. The monoisotopic (exact) mass is 275 g/mol. The van der Waals surface area contributed by atoms with Crippen LogP contribution in [0.2, 0.25) is 0 Å². The van der Waals surface area contributed by atoms with E-state index < -0.39 is 0 Å². The first kappa shape index (κ1) is 13.5. The van der Waals surface area contributed by atoms with Crippen molar-refractivity contribution in [2.45, 2.75) is 25.5 Å². The molecule has 5 nitrogen and oxygen atoms in total. The summed E-state index contributed by atoms with van der Waals surface area (Å²) < 4.78 is 0. The predicted octanol–water partition coefficient (Wildman–Crippen LogP) is 0.493. The smallest absolute Gasteiger partial charge is 0.265 e. The number of rotatable bonds is 3. The Bertz CT molecular complexity index is 506. The molecule has 1 amide bonds. The topological polar surface area (TPSA) is 78.6 Å². The summed E-state index contributed by atoms with van der Waals surface area (Å²) in [5.74, 6) is 6.00. The summed E-state index contributed by atoms with van der Waals surface area (Å²) in [6.45, 7) is 2.67. The zero-order chi connectivity index (χ0) is 14.1. The van der Waals surface area contributed by atoms with Crippen molar-refractivity contribution < 1.29 is 9.90 Å². The van der Waals surface area contributed by atoms with Gasteiger partial charge in [0.25, 0.3) is 5.91 Å². The largest absolute Gasteiger partial charge is 0.393 e. The Morgan fingerprint density at radius 1 is 1.35 bits per heavy atom. The quantitative estimate of drug-likeness (QED) is 0.426. The summed E-state index contributed by atoms with van der Waals surface area (Å²) in [6.07, 6.45) is 1.91. The van der Waals surface area contributed by atoms with Crippen molar-refractivity contribution in [3.63, 3.8) is 0 Å². The third-order valence-corrected chi connectivity index (χ3v) is 4.68. The molecule has 108 valence electrons. The van der Waals surface area contributed by atoms with Crippen LogP contribution in [0.4, 0.5) is 0 Å². The number of nitrogen functional groups attached to an aromatic ring is 1. The molecule has 1 aliphatic heterocycles. The van der Waals surface area contributed by atoms with E-state index in [4.69, 9.17) is 5.84 Å². The minimum absolute atomic E-state index is 0.146. The molecular weight excluding hydrogens is 254 g/mol. The molecule has 2 aliphatic rings. The van der Waals surface area contributed by atoms with Gasteiger partial charge in [-0.3, -0.25) is 15.1 Å². The van der Waals surface area contributed by atoms with E-state index in [-0.39, 0.29) is 12.0 Å². The van der Waals surface area contributed by atoms with Crippen LogP contribution in [0.3, 0.4) is 0 Å². The number of likely N-dealkylation sites (tertiary alicyclic amines) is 1. The Kier molecular flexibility index (Phi) is 3.74. The number of hydrogen-bond acceptors (Lipinski definition) is 4. The zero-order valence-electron chi connectivity index (χ0n) is 11.5. The van der Waals surface area contributed by atoms with Crippen molar-refractivity contribution in [3.8, 4) is 0 Å². The Labute approximate surface area is 118 Å². The molecule has 0 radical (unpaired) electrons. The highest BCUT2D eigenvalue weighted by atomic mass is 16.3. The van der Waals surface area contributed by atoms with Crippen LogP contribution in [-0.2, 0) is 6.54 Å². The SMILES string of the molecule is NNC(=O)c1ccccc1CN1CC2CCC(O)C2C1. The predicted molar refractivity (Wildman–Crippen MR) is 75.6 cm³/mol. The number of hydrogen-bond donors (Lipinski definition) is 3. The normalized spacial score (nSPS) is 29.4. The van der Waals surface area contributed by atoms with Gasteiger partial charge in [0.15, 0.2) is 0 Å². The summed E-state index contributed by atoms with van der Waals surface area (Å²) in [4.78, 5) is 14.1. The lowest BCUT2D eigenvalue weighted by molar-refractivity contribution is 0.0951. The van der Waals surface area contributed by atoms with Gasteiger partial charge in [0.1, 0.15) is 0 Å². The third kappa shape index (κ3) is 2.44. The number of carbonyl (C=O) groups excluding carboxylic acids is 1. The van der Waals surface area contributed by atoms with Gasteiger partial charge < -0.3 is 5.11 Å². The Balaban J connectivity index is 1.72. The van der Waals surface area contributed by atoms with E-state index in [1.54, 1.807) is 6.07 Å². The molecule has 1 aliphatic carbocycles. The minimum atomic E-state index is -0.250. The maximum atomic E-state index is 11.8. The number of carbonyl (C=O) groups is 1. The highest BCUT2D eigenvalue weighted by Crippen LogP contribution is 2.38. The van der Waals surface area contributed by atoms with Crippen LogP contribution in [-0.4, -0.2) is 35.1 Å². The summed E-state index contributed by atoms with van der Waals surface area (Å²) >= 11 is 0. The molecular formula is C15H21N3O2. The average molecular weight is 275 g/mol. The van der Waals surface area contributed by atoms with Gasteiger partial charge in [-0.25, -0.2) is 5.84 Å².